The molecule has 2 rings (SSSR count). The van der Waals surface area contributed by atoms with Crippen LogP contribution in [0.4, 0.5) is 17.6 Å². The van der Waals surface area contributed by atoms with E-state index in [0.29, 0.717) is 12.0 Å². The highest BCUT2D eigenvalue weighted by atomic mass is 19.4. The minimum atomic E-state index is -4.65. The zero-order chi connectivity index (χ0) is 14.0. The fourth-order valence-corrected chi connectivity index (χ4v) is 2.72. The van der Waals surface area contributed by atoms with E-state index in [0.717, 1.165) is 37.8 Å². The number of alkyl halides is 3. The van der Waals surface area contributed by atoms with Crippen LogP contribution in [-0.2, 0) is 6.18 Å². The van der Waals surface area contributed by atoms with Crippen LogP contribution in [0.5, 0.6) is 0 Å². The summed E-state index contributed by atoms with van der Waals surface area (Å²) in [5.74, 6) is -1.21. The Bertz CT molecular complexity index is 442. The van der Waals surface area contributed by atoms with Crippen molar-refractivity contribution in [2.24, 2.45) is 5.73 Å². The van der Waals surface area contributed by atoms with Crippen molar-refractivity contribution < 1.29 is 17.6 Å². The average Bonchev–Trinajstić information content (AvgIpc) is 2.53. The smallest absolute Gasteiger partial charge is 0.328 e. The van der Waals surface area contributed by atoms with Crippen molar-refractivity contribution in [3.05, 3.63) is 35.1 Å². The van der Waals surface area contributed by atoms with Gasteiger partial charge in [-0.05, 0) is 42.9 Å². The summed E-state index contributed by atoms with van der Waals surface area (Å²) in [7, 11) is 0. The molecule has 1 saturated carbocycles. The number of hydrogen-bond donors (Lipinski definition) is 1. The van der Waals surface area contributed by atoms with Crippen LogP contribution in [0.1, 0.15) is 49.1 Å². The van der Waals surface area contributed by atoms with E-state index in [4.69, 9.17) is 5.73 Å². The Labute approximate surface area is 109 Å². The van der Waals surface area contributed by atoms with Crippen molar-refractivity contribution in [2.45, 2.75) is 50.2 Å². The first kappa shape index (κ1) is 14.3. The molecule has 0 bridgehead atoms. The van der Waals surface area contributed by atoms with Crippen LogP contribution in [0, 0.1) is 5.82 Å². The Morgan fingerprint density at radius 3 is 2.47 bits per heavy atom. The lowest BCUT2D eigenvalue weighted by Gasteiger charge is -2.19. The van der Waals surface area contributed by atoms with Crippen LogP contribution < -0.4 is 5.73 Å². The maximum Gasteiger partial charge on any atom is 0.419 e. The molecule has 0 amide bonds. The molecule has 1 fully saturated rings. The molecular weight excluding hydrogens is 258 g/mol. The minimum absolute atomic E-state index is 0.000741. The van der Waals surface area contributed by atoms with E-state index < -0.39 is 17.6 Å². The van der Waals surface area contributed by atoms with E-state index in [1.165, 1.54) is 6.07 Å². The van der Waals surface area contributed by atoms with Crippen LogP contribution in [0.2, 0.25) is 0 Å². The van der Waals surface area contributed by atoms with E-state index >= 15 is 0 Å². The molecular formula is C14H17F4N. The van der Waals surface area contributed by atoms with Gasteiger partial charge in [-0.1, -0.05) is 18.9 Å². The monoisotopic (exact) mass is 275 g/mol. The molecule has 0 heterocycles. The summed E-state index contributed by atoms with van der Waals surface area (Å²) >= 11 is 0. The Kier molecular flexibility index (Phi) is 4.13. The lowest BCUT2D eigenvalue weighted by Crippen LogP contribution is -2.21. The molecule has 0 saturated heterocycles. The third kappa shape index (κ3) is 3.47. The molecule has 106 valence electrons. The topological polar surface area (TPSA) is 26.0 Å². The van der Waals surface area contributed by atoms with Crippen molar-refractivity contribution in [3.8, 4) is 0 Å². The third-order valence-electron chi connectivity index (χ3n) is 3.73. The van der Waals surface area contributed by atoms with E-state index in [1.54, 1.807) is 0 Å². The van der Waals surface area contributed by atoms with Gasteiger partial charge in [-0.15, -0.1) is 0 Å². The minimum Gasteiger partial charge on any atom is -0.328 e. The van der Waals surface area contributed by atoms with Gasteiger partial charge in [-0.25, -0.2) is 4.39 Å². The molecule has 0 spiro atoms. The fourth-order valence-electron chi connectivity index (χ4n) is 2.72. The number of benzene rings is 1. The van der Waals surface area contributed by atoms with Gasteiger partial charge in [0.15, 0.2) is 0 Å². The zero-order valence-electron chi connectivity index (χ0n) is 10.5. The second kappa shape index (κ2) is 5.49. The number of halogens is 4. The summed E-state index contributed by atoms with van der Waals surface area (Å²) in [6.45, 7) is 0. The molecule has 0 radical (unpaired) electrons. The van der Waals surface area contributed by atoms with E-state index in [9.17, 15) is 17.6 Å². The average molecular weight is 275 g/mol. The highest BCUT2D eigenvalue weighted by Gasteiger charge is 2.34. The Balaban J connectivity index is 2.29. The number of rotatable bonds is 1. The van der Waals surface area contributed by atoms with E-state index in [2.05, 4.69) is 0 Å². The van der Waals surface area contributed by atoms with Gasteiger partial charge >= 0.3 is 6.18 Å². The quantitative estimate of drug-likeness (QED) is 0.602. The molecule has 1 aliphatic rings. The molecule has 2 unspecified atom stereocenters. The molecule has 0 aromatic heterocycles. The summed E-state index contributed by atoms with van der Waals surface area (Å²) in [6, 6.07) is 3.33. The second-order valence-corrected chi connectivity index (χ2v) is 5.21. The molecule has 1 aromatic carbocycles. The van der Waals surface area contributed by atoms with Gasteiger partial charge in [0.2, 0.25) is 0 Å². The van der Waals surface area contributed by atoms with Crippen molar-refractivity contribution in [2.75, 3.05) is 0 Å². The highest BCUT2D eigenvalue weighted by Crippen LogP contribution is 2.36. The summed E-state index contributed by atoms with van der Waals surface area (Å²) in [6.07, 6.45) is -0.293. The standard InChI is InChI=1S/C14H17F4N/c15-13-6-5-10(8-12(13)14(16,17)18)9-3-1-2-4-11(19)7-9/h5-6,8-9,11H,1-4,7,19H2. The first-order chi connectivity index (χ1) is 8.88. The van der Waals surface area contributed by atoms with Gasteiger partial charge in [0.25, 0.3) is 0 Å². The van der Waals surface area contributed by atoms with Crippen LogP contribution in [0.3, 0.4) is 0 Å². The normalized spacial score (nSPS) is 25.1. The largest absolute Gasteiger partial charge is 0.419 e. The van der Waals surface area contributed by atoms with E-state index in [-0.39, 0.29) is 12.0 Å². The molecule has 1 aromatic rings. The van der Waals surface area contributed by atoms with E-state index in [1.807, 2.05) is 0 Å². The van der Waals surface area contributed by atoms with Crippen LogP contribution in [-0.4, -0.2) is 6.04 Å². The van der Waals surface area contributed by atoms with Gasteiger partial charge in [0, 0.05) is 6.04 Å². The third-order valence-corrected chi connectivity index (χ3v) is 3.73. The Hall–Kier alpha value is -1.10. The molecule has 19 heavy (non-hydrogen) atoms. The molecule has 2 N–H and O–H groups in total. The predicted octanol–water partition coefficient (Wildman–Crippen LogP) is 4.22. The van der Waals surface area contributed by atoms with Crippen molar-refractivity contribution >= 4 is 0 Å². The van der Waals surface area contributed by atoms with Gasteiger partial charge in [0.05, 0.1) is 5.56 Å². The summed E-state index contributed by atoms with van der Waals surface area (Å²) < 4.78 is 51.3. The fraction of sp³-hybridized carbons (Fsp3) is 0.571. The lowest BCUT2D eigenvalue weighted by molar-refractivity contribution is -0.140. The summed E-state index contributed by atoms with van der Waals surface area (Å²) in [4.78, 5) is 0. The maximum absolute atomic E-state index is 13.2. The molecule has 1 nitrogen and oxygen atoms in total. The maximum atomic E-state index is 13.2. The second-order valence-electron chi connectivity index (χ2n) is 5.21. The number of nitrogens with two attached hydrogens (primary N) is 1. The van der Waals surface area contributed by atoms with Gasteiger partial charge in [0.1, 0.15) is 5.82 Å². The molecule has 5 heteroatoms. The number of hydrogen-bond acceptors (Lipinski definition) is 1. The Morgan fingerprint density at radius 1 is 1.11 bits per heavy atom. The first-order valence-electron chi connectivity index (χ1n) is 6.50. The molecule has 1 aliphatic carbocycles. The van der Waals surface area contributed by atoms with Crippen LogP contribution >= 0.6 is 0 Å². The van der Waals surface area contributed by atoms with Crippen LogP contribution in [0.25, 0.3) is 0 Å². The van der Waals surface area contributed by atoms with Crippen molar-refractivity contribution in [1.82, 2.24) is 0 Å². The van der Waals surface area contributed by atoms with Crippen molar-refractivity contribution in [1.29, 1.82) is 0 Å². The van der Waals surface area contributed by atoms with Crippen LogP contribution in [0.15, 0.2) is 18.2 Å². The Morgan fingerprint density at radius 2 is 1.79 bits per heavy atom. The van der Waals surface area contributed by atoms with Gasteiger partial charge < -0.3 is 5.73 Å². The summed E-state index contributed by atoms with van der Waals surface area (Å²) in [5, 5.41) is 0. The lowest BCUT2D eigenvalue weighted by atomic mass is 9.89. The zero-order valence-corrected chi connectivity index (χ0v) is 10.5. The molecule has 2 atom stereocenters. The summed E-state index contributed by atoms with van der Waals surface area (Å²) in [5.41, 5.74) is 5.29. The highest BCUT2D eigenvalue weighted by molar-refractivity contribution is 5.30. The van der Waals surface area contributed by atoms with Gasteiger partial charge in [-0.2, -0.15) is 13.2 Å². The predicted molar refractivity (Wildman–Crippen MR) is 65.2 cm³/mol. The SMILES string of the molecule is NC1CCCCC(c2ccc(F)c(C(F)(F)F)c2)C1. The molecule has 0 aliphatic heterocycles. The first-order valence-corrected chi connectivity index (χ1v) is 6.50. The van der Waals surface area contributed by atoms with Gasteiger partial charge in [-0.3, -0.25) is 0 Å². The van der Waals surface area contributed by atoms with Crippen molar-refractivity contribution in [3.63, 3.8) is 0 Å².